The molecular weight excluding hydrogens is 267 g/mol. The number of rotatable bonds is 4. The van der Waals surface area contributed by atoms with Gasteiger partial charge in [-0.05, 0) is 32.0 Å². The van der Waals surface area contributed by atoms with Crippen LogP contribution in [-0.2, 0) is 10.9 Å². The van der Waals surface area contributed by atoms with E-state index in [1.165, 1.54) is 19.2 Å². The summed E-state index contributed by atoms with van der Waals surface area (Å²) >= 11 is 5.60. The predicted octanol–water partition coefficient (Wildman–Crippen LogP) is 4.19. The lowest BCUT2D eigenvalue weighted by Gasteiger charge is -2.23. The zero-order valence-corrected chi connectivity index (χ0v) is 11.1. The number of halogens is 4. The van der Waals surface area contributed by atoms with Crippen LogP contribution >= 0.6 is 11.6 Å². The van der Waals surface area contributed by atoms with Crippen LogP contribution < -0.4 is 5.32 Å². The molecule has 6 heteroatoms. The Kier molecular flexibility index (Phi) is 4.87. The maximum Gasteiger partial charge on any atom is 0.418 e. The van der Waals surface area contributed by atoms with Crippen LogP contribution in [0.15, 0.2) is 18.2 Å². The van der Waals surface area contributed by atoms with Gasteiger partial charge in [0.05, 0.1) is 11.7 Å². The van der Waals surface area contributed by atoms with Crippen LogP contribution in [-0.4, -0.2) is 19.3 Å². The molecule has 0 radical (unpaired) electrons. The van der Waals surface area contributed by atoms with Crippen LogP contribution in [0.25, 0.3) is 0 Å². The van der Waals surface area contributed by atoms with E-state index in [-0.39, 0.29) is 22.9 Å². The Labute approximate surface area is 109 Å². The molecule has 0 aliphatic carbocycles. The summed E-state index contributed by atoms with van der Waals surface area (Å²) in [7, 11) is 1.51. The SMILES string of the molecule is COC(C)C(C)Nc1ccc(Cl)cc1C(F)(F)F. The highest BCUT2D eigenvalue weighted by molar-refractivity contribution is 6.30. The lowest BCUT2D eigenvalue weighted by molar-refractivity contribution is -0.137. The zero-order valence-electron chi connectivity index (χ0n) is 10.3. The Morgan fingerprint density at radius 1 is 1.28 bits per heavy atom. The fourth-order valence-corrected chi connectivity index (χ4v) is 1.62. The minimum atomic E-state index is -4.44. The highest BCUT2D eigenvalue weighted by Crippen LogP contribution is 2.36. The Hall–Kier alpha value is -0.940. The quantitative estimate of drug-likeness (QED) is 0.893. The summed E-state index contributed by atoms with van der Waals surface area (Å²) in [6, 6.07) is 3.40. The molecule has 0 saturated carbocycles. The van der Waals surface area contributed by atoms with Gasteiger partial charge < -0.3 is 10.1 Å². The molecule has 1 N–H and O–H groups in total. The fraction of sp³-hybridized carbons (Fsp3) is 0.500. The lowest BCUT2D eigenvalue weighted by atomic mass is 10.1. The van der Waals surface area contributed by atoms with Gasteiger partial charge in [0.2, 0.25) is 0 Å². The molecule has 0 aromatic heterocycles. The first kappa shape index (κ1) is 15.1. The second-order valence-corrected chi connectivity index (χ2v) is 4.50. The van der Waals surface area contributed by atoms with Gasteiger partial charge in [-0.15, -0.1) is 0 Å². The van der Waals surface area contributed by atoms with Crippen molar-refractivity contribution in [2.24, 2.45) is 0 Å². The summed E-state index contributed by atoms with van der Waals surface area (Å²) in [4.78, 5) is 0. The third kappa shape index (κ3) is 3.78. The molecule has 0 spiro atoms. The Bertz CT molecular complexity index is 409. The Morgan fingerprint density at radius 3 is 2.39 bits per heavy atom. The van der Waals surface area contributed by atoms with E-state index in [2.05, 4.69) is 5.32 Å². The van der Waals surface area contributed by atoms with Crippen LogP contribution in [0.1, 0.15) is 19.4 Å². The summed E-state index contributed by atoms with van der Waals surface area (Å²) in [6.07, 6.45) is -4.65. The first-order chi connectivity index (χ1) is 8.25. The van der Waals surface area contributed by atoms with Crippen molar-refractivity contribution >= 4 is 17.3 Å². The van der Waals surface area contributed by atoms with Crippen molar-refractivity contribution in [3.63, 3.8) is 0 Å². The molecule has 0 aliphatic rings. The largest absolute Gasteiger partial charge is 0.418 e. The van der Waals surface area contributed by atoms with Gasteiger partial charge in [-0.1, -0.05) is 11.6 Å². The van der Waals surface area contributed by atoms with E-state index in [9.17, 15) is 13.2 Å². The van der Waals surface area contributed by atoms with Gasteiger partial charge in [-0.2, -0.15) is 13.2 Å². The van der Waals surface area contributed by atoms with E-state index in [1.807, 2.05) is 0 Å². The average Bonchev–Trinajstić information content (AvgIpc) is 2.28. The first-order valence-corrected chi connectivity index (χ1v) is 5.79. The Morgan fingerprint density at radius 2 is 1.89 bits per heavy atom. The molecular formula is C12H15ClF3NO. The van der Waals surface area contributed by atoms with Gasteiger partial charge >= 0.3 is 6.18 Å². The number of hydrogen-bond donors (Lipinski definition) is 1. The number of ether oxygens (including phenoxy) is 1. The number of hydrogen-bond acceptors (Lipinski definition) is 2. The van der Waals surface area contributed by atoms with Crippen molar-refractivity contribution in [2.75, 3.05) is 12.4 Å². The monoisotopic (exact) mass is 281 g/mol. The summed E-state index contributed by atoms with van der Waals surface area (Å²) in [5.41, 5.74) is -0.770. The van der Waals surface area contributed by atoms with E-state index in [1.54, 1.807) is 13.8 Å². The molecule has 0 heterocycles. The highest BCUT2D eigenvalue weighted by atomic mass is 35.5. The maximum absolute atomic E-state index is 12.8. The third-order valence-corrected chi connectivity index (χ3v) is 2.98. The zero-order chi connectivity index (χ0) is 13.9. The number of methoxy groups -OCH3 is 1. The van der Waals surface area contributed by atoms with Gasteiger partial charge in [0.25, 0.3) is 0 Å². The second-order valence-electron chi connectivity index (χ2n) is 4.06. The summed E-state index contributed by atoms with van der Waals surface area (Å²) in [5, 5.41) is 2.85. The first-order valence-electron chi connectivity index (χ1n) is 5.41. The maximum atomic E-state index is 12.8. The van der Waals surface area contributed by atoms with Crippen molar-refractivity contribution in [1.29, 1.82) is 0 Å². The minimum absolute atomic E-state index is 0.00306. The fourth-order valence-electron chi connectivity index (χ4n) is 1.44. The summed E-state index contributed by atoms with van der Waals surface area (Å²) in [5.74, 6) is 0. The molecule has 0 amide bonds. The predicted molar refractivity (Wildman–Crippen MR) is 66.0 cm³/mol. The molecule has 0 aliphatic heterocycles. The average molecular weight is 282 g/mol. The summed E-state index contributed by atoms with van der Waals surface area (Å²) in [6.45, 7) is 3.53. The molecule has 2 nitrogen and oxygen atoms in total. The summed E-state index contributed by atoms with van der Waals surface area (Å²) < 4.78 is 43.6. The molecule has 1 aromatic carbocycles. The van der Waals surface area contributed by atoms with E-state index >= 15 is 0 Å². The number of nitrogens with one attached hydrogen (secondary N) is 1. The molecule has 0 fully saturated rings. The molecule has 102 valence electrons. The standard InChI is InChI=1S/C12H15ClF3NO/c1-7(8(2)18-3)17-11-5-4-9(13)6-10(11)12(14,15)16/h4-8,17H,1-3H3. The number of alkyl halides is 3. The van der Waals surface area contributed by atoms with Gasteiger partial charge in [0, 0.05) is 23.9 Å². The van der Waals surface area contributed by atoms with E-state index in [0.29, 0.717) is 0 Å². The molecule has 0 bridgehead atoms. The number of anilines is 1. The Balaban J connectivity index is 3.02. The van der Waals surface area contributed by atoms with Crippen LogP contribution in [0.5, 0.6) is 0 Å². The van der Waals surface area contributed by atoms with Gasteiger partial charge in [0.1, 0.15) is 0 Å². The van der Waals surface area contributed by atoms with E-state index in [0.717, 1.165) is 6.07 Å². The van der Waals surface area contributed by atoms with Crippen LogP contribution in [0.4, 0.5) is 18.9 Å². The minimum Gasteiger partial charge on any atom is -0.380 e. The molecule has 1 rings (SSSR count). The van der Waals surface area contributed by atoms with Gasteiger partial charge in [-0.3, -0.25) is 0 Å². The lowest BCUT2D eigenvalue weighted by Crippen LogP contribution is -2.30. The third-order valence-electron chi connectivity index (χ3n) is 2.75. The molecule has 18 heavy (non-hydrogen) atoms. The molecule has 1 aromatic rings. The van der Waals surface area contributed by atoms with Crippen molar-refractivity contribution in [2.45, 2.75) is 32.2 Å². The molecule has 2 unspecified atom stereocenters. The highest BCUT2D eigenvalue weighted by Gasteiger charge is 2.34. The van der Waals surface area contributed by atoms with E-state index < -0.39 is 11.7 Å². The smallest absolute Gasteiger partial charge is 0.380 e. The van der Waals surface area contributed by atoms with Crippen LogP contribution in [0.2, 0.25) is 5.02 Å². The van der Waals surface area contributed by atoms with E-state index in [4.69, 9.17) is 16.3 Å². The van der Waals surface area contributed by atoms with Crippen molar-refractivity contribution < 1.29 is 17.9 Å². The van der Waals surface area contributed by atoms with Crippen molar-refractivity contribution in [3.05, 3.63) is 28.8 Å². The normalized spacial score (nSPS) is 15.3. The molecule has 2 atom stereocenters. The van der Waals surface area contributed by atoms with Crippen molar-refractivity contribution in [1.82, 2.24) is 0 Å². The topological polar surface area (TPSA) is 21.3 Å². The number of benzene rings is 1. The second kappa shape index (κ2) is 5.80. The van der Waals surface area contributed by atoms with Crippen LogP contribution in [0, 0.1) is 0 Å². The van der Waals surface area contributed by atoms with Crippen molar-refractivity contribution in [3.8, 4) is 0 Å². The molecule has 0 saturated heterocycles. The van der Waals surface area contributed by atoms with Gasteiger partial charge in [0.15, 0.2) is 0 Å². The van der Waals surface area contributed by atoms with Gasteiger partial charge in [-0.25, -0.2) is 0 Å². The van der Waals surface area contributed by atoms with Crippen LogP contribution in [0.3, 0.4) is 0 Å².